The quantitative estimate of drug-likeness (QED) is 0.696. The van der Waals surface area contributed by atoms with Gasteiger partial charge in [-0.2, -0.15) is 0 Å². The number of nitrogens with one attached hydrogen (secondary N) is 1. The van der Waals surface area contributed by atoms with E-state index in [1.165, 1.54) is 6.07 Å². The lowest BCUT2D eigenvalue weighted by Gasteiger charge is -2.08. The van der Waals surface area contributed by atoms with Crippen molar-refractivity contribution in [1.29, 1.82) is 0 Å². The van der Waals surface area contributed by atoms with Crippen molar-refractivity contribution in [3.05, 3.63) is 47.4 Å². The zero-order chi connectivity index (χ0) is 17.8. The second-order valence-corrected chi connectivity index (χ2v) is 5.59. The molecule has 0 saturated heterocycles. The number of rotatable bonds is 6. The highest BCUT2D eigenvalue weighted by molar-refractivity contribution is 6.07. The Kier molecular flexibility index (Phi) is 5.04. The van der Waals surface area contributed by atoms with Crippen LogP contribution in [0, 0.1) is 12.7 Å². The van der Waals surface area contributed by atoms with Crippen LogP contribution < -0.4 is 5.32 Å². The molecule has 0 spiro atoms. The minimum atomic E-state index is -0.419. The second-order valence-electron chi connectivity index (χ2n) is 5.59. The van der Waals surface area contributed by atoms with E-state index in [9.17, 15) is 9.18 Å². The molecule has 3 rings (SSSR count). The Morgan fingerprint density at radius 3 is 2.92 bits per heavy atom. The topological polar surface area (TPSA) is 77.2 Å². The van der Waals surface area contributed by atoms with E-state index >= 15 is 0 Å². The highest BCUT2D eigenvalue weighted by Gasteiger charge is 2.20. The predicted octanol–water partition coefficient (Wildman–Crippen LogP) is 3.10. The van der Waals surface area contributed by atoms with Gasteiger partial charge in [0.05, 0.1) is 22.3 Å². The number of amides is 1. The van der Waals surface area contributed by atoms with Gasteiger partial charge in [-0.05, 0) is 31.5 Å². The van der Waals surface area contributed by atoms with E-state index in [1.54, 1.807) is 38.3 Å². The summed E-state index contributed by atoms with van der Waals surface area (Å²) in [6, 6.07) is 7.82. The van der Waals surface area contributed by atoms with Crippen molar-refractivity contribution in [3.63, 3.8) is 0 Å². The Morgan fingerprint density at radius 2 is 2.16 bits per heavy atom. The normalized spacial score (nSPS) is 11.0. The summed E-state index contributed by atoms with van der Waals surface area (Å²) in [7, 11) is 1.61. The van der Waals surface area contributed by atoms with Crippen molar-refractivity contribution in [2.75, 3.05) is 20.3 Å². The summed E-state index contributed by atoms with van der Waals surface area (Å²) in [5.74, 6) is -0.704. The van der Waals surface area contributed by atoms with E-state index in [2.05, 4.69) is 15.5 Å². The molecule has 2 heterocycles. The molecule has 3 aromatic rings. The molecule has 0 unspecified atom stereocenters. The van der Waals surface area contributed by atoms with E-state index in [4.69, 9.17) is 9.26 Å². The Labute approximate surface area is 144 Å². The lowest BCUT2D eigenvalue weighted by Crippen LogP contribution is -2.25. The van der Waals surface area contributed by atoms with E-state index in [0.717, 1.165) is 0 Å². The Bertz CT molecular complexity index is 908. The Hall–Kier alpha value is -2.80. The number of nitrogens with zero attached hydrogens (tertiary/aromatic N) is 2. The molecule has 25 heavy (non-hydrogen) atoms. The van der Waals surface area contributed by atoms with Gasteiger partial charge in [0.15, 0.2) is 0 Å². The van der Waals surface area contributed by atoms with Crippen molar-refractivity contribution in [1.82, 2.24) is 15.5 Å². The number of fused-ring (bicyclic) bond motifs is 1. The highest BCUT2D eigenvalue weighted by atomic mass is 19.1. The SMILES string of the molecule is COCCCNC(=O)c1cc(-c2ccccc2F)nc2onc(C)c12. The monoisotopic (exact) mass is 343 g/mol. The molecule has 6 nitrogen and oxygen atoms in total. The number of aryl methyl sites for hydroxylation is 1. The standard InChI is InChI=1S/C18H18FN3O3/c1-11-16-13(17(23)20-8-5-9-24-2)10-15(21-18(16)25-22-11)12-6-3-4-7-14(12)19/h3-4,6-7,10H,5,8-9H2,1-2H3,(H,20,23). The summed E-state index contributed by atoms with van der Waals surface area (Å²) in [5, 5.41) is 7.23. The molecule has 7 heteroatoms. The van der Waals surface area contributed by atoms with Gasteiger partial charge >= 0.3 is 0 Å². The van der Waals surface area contributed by atoms with Gasteiger partial charge in [-0.3, -0.25) is 4.79 Å². The molecule has 1 aromatic carbocycles. The van der Waals surface area contributed by atoms with Crippen LogP contribution in [0.5, 0.6) is 0 Å². The number of methoxy groups -OCH3 is 1. The Morgan fingerprint density at radius 1 is 1.36 bits per heavy atom. The van der Waals surface area contributed by atoms with Crippen LogP contribution in [0.3, 0.4) is 0 Å². The second kappa shape index (κ2) is 7.40. The number of carbonyl (C=O) groups excluding carboxylic acids is 1. The smallest absolute Gasteiger partial charge is 0.259 e. The van der Waals surface area contributed by atoms with Gasteiger partial charge in [0.1, 0.15) is 5.82 Å². The number of benzene rings is 1. The van der Waals surface area contributed by atoms with Crippen LogP contribution in [0.2, 0.25) is 0 Å². The maximum Gasteiger partial charge on any atom is 0.259 e. The molecule has 0 fully saturated rings. The third-order valence-electron chi connectivity index (χ3n) is 3.82. The number of aromatic nitrogens is 2. The summed E-state index contributed by atoms with van der Waals surface area (Å²) in [6.07, 6.45) is 0.694. The minimum absolute atomic E-state index is 0.209. The van der Waals surface area contributed by atoms with Gasteiger partial charge in [0, 0.05) is 25.8 Å². The first-order chi connectivity index (χ1) is 12.1. The lowest BCUT2D eigenvalue weighted by molar-refractivity contribution is 0.0950. The molecule has 0 aliphatic carbocycles. The van der Waals surface area contributed by atoms with E-state index in [0.29, 0.717) is 47.5 Å². The largest absolute Gasteiger partial charge is 0.385 e. The number of halogens is 1. The van der Waals surface area contributed by atoms with Crippen LogP contribution in [-0.2, 0) is 4.74 Å². The summed E-state index contributed by atoms with van der Waals surface area (Å²) in [6.45, 7) is 2.76. The molecule has 130 valence electrons. The van der Waals surface area contributed by atoms with Crippen molar-refractivity contribution in [2.24, 2.45) is 0 Å². The molecule has 0 bridgehead atoms. The van der Waals surface area contributed by atoms with Gasteiger partial charge in [-0.15, -0.1) is 0 Å². The average molecular weight is 343 g/mol. The fourth-order valence-corrected chi connectivity index (χ4v) is 2.59. The number of hydrogen-bond acceptors (Lipinski definition) is 5. The molecular weight excluding hydrogens is 325 g/mol. The van der Waals surface area contributed by atoms with Gasteiger partial charge in [0.2, 0.25) is 0 Å². The Balaban J connectivity index is 2.02. The molecule has 1 N–H and O–H groups in total. The number of ether oxygens (including phenoxy) is 1. The zero-order valence-electron chi connectivity index (χ0n) is 14.0. The van der Waals surface area contributed by atoms with Gasteiger partial charge in [-0.25, -0.2) is 9.37 Å². The minimum Gasteiger partial charge on any atom is -0.385 e. The maximum atomic E-state index is 14.1. The van der Waals surface area contributed by atoms with Crippen LogP contribution in [0.1, 0.15) is 22.5 Å². The van der Waals surface area contributed by atoms with Crippen molar-refractivity contribution >= 4 is 17.0 Å². The van der Waals surface area contributed by atoms with Crippen LogP contribution >= 0.6 is 0 Å². The van der Waals surface area contributed by atoms with Crippen LogP contribution in [-0.4, -0.2) is 36.3 Å². The van der Waals surface area contributed by atoms with E-state index < -0.39 is 5.82 Å². The van der Waals surface area contributed by atoms with Crippen LogP contribution in [0.4, 0.5) is 4.39 Å². The van der Waals surface area contributed by atoms with E-state index in [-0.39, 0.29) is 11.6 Å². The lowest BCUT2D eigenvalue weighted by atomic mass is 10.0. The maximum absolute atomic E-state index is 14.1. The number of carbonyl (C=O) groups is 1. The summed E-state index contributed by atoms with van der Waals surface area (Å²) in [4.78, 5) is 16.9. The van der Waals surface area contributed by atoms with Gasteiger partial charge in [0.25, 0.3) is 11.6 Å². The molecule has 2 aromatic heterocycles. The summed E-state index contributed by atoms with van der Waals surface area (Å²) < 4.78 is 24.3. The summed E-state index contributed by atoms with van der Waals surface area (Å²) >= 11 is 0. The number of pyridine rings is 1. The van der Waals surface area contributed by atoms with Crippen molar-refractivity contribution in [3.8, 4) is 11.3 Å². The first-order valence-electron chi connectivity index (χ1n) is 7.91. The fraction of sp³-hybridized carbons (Fsp3) is 0.278. The molecule has 0 radical (unpaired) electrons. The first-order valence-corrected chi connectivity index (χ1v) is 7.91. The molecule has 0 atom stereocenters. The third-order valence-corrected chi connectivity index (χ3v) is 3.82. The first kappa shape index (κ1) is 17.0. The fourth-order valence-electron chi connectivity index (χ4n) is 2.59. The van der Waals surface area contributed by atoms with Gasteiger partial charge in [-0.1, -0.05) is 17.3 Å². The van der Waals surface area contributed by atoms with Crippen LogP contribution in [0.15, 0.2) is 34.9 Å². The molecule has 0 aliphatic heterocycles. The van der Waals surface area contributed by atoms with Crippen LogP contribution in [0.25, 0.3) is 22.4 Å². The molecular formula is C18H18FN3O3. The molecule has 1 amide bonds. The molecule has 0 aliphatic rings. The van der Waals surface area contributed by atoms with Crippen molar-refractivity contribution in [2.45, 2.75) is 13.3 Å². The highest BCUT2D eigenvalue weighted by Crippen LogP contribution is 2.28. The number of hydrogen-bond donors (Lipinski definition) is 1. The molecule has 0 saturated carbocycles. The zero-order valence-corrected chi connectivity index (χ0v) is 14.0. The van der Waals surface area contributed by atoms with Crippen molar-refractivity contribution < 1.29 is 18.4 Å². The van der Waals surface area contributed by atoms with Gasteiger partial charge < -0.3 is 14.6 Å². The van der Waals surface area contributed by atoms with E-state index in [1.807, 2.05) is 0 Å². The summed E-state index contributed by atoms with van der Waals surface area (Å²) in [5.41, 5.74) is 1.75. The third kappa shape index (κ3) is 3.51. The average Bonchev–Trinajstić information content (AvgIpc) is 2.99. The predicted molar refractivity (Wildman–Crippen MR) is 90.8 cm³/mol.